The number of carbonyl (C=O) groups is 1. The van der Waals surface area contributed by atoms with Gasteiger partial charge in [0.2, 0.25) is 0 Å². The Kier molecular flexibility index (Phi) is 6.32. The Morgan fingerprint density at radius 1 is 1.52 bits per heavy atom. The maximum atomic E-state index is 12.8. The van der Waals surface area contributed by atoms with Gasteiger partial charge in [0, 0.05) is 21.7 Å². The SMILES string of the molecule is CC(C)N(CC1CCCNC1)C(=O)c1ccc(I)c(Cl)c1. The Labute approximate surface area is 145 Å². The van der Waals surface area contributed by atoms with Gasteiger partial charge >= 0.3 is 0 Å². The van der Waals surface area contributed by atoms with Crippen LogP contribution < -0.4 is 5.32 Å². The van der Waals surface area contributed by atoms with Crippen molar-refractivity contribution in [2.45, 2.75) is 32.7 Å². The lowest BCUT2D eigenvalue weighted by atomic mass is 9.98. The van der Waals surface area contributed by atoms with E-state index in [-0.39, 0.29) is 11.9 Å². The first-order valence-electron chi connectivity index (χ1n) is 7.45. The van der Waals surface area contributed by atoms with E-state index in [9.17, 15) is 4.79 Å². The van der Waals surface area contributed by atoms with Crippen molar-refractivity contribution in [3.05, 3.63) is 32.4 Å². The summed E-state index contributed by atoms with van der Waals surface area (Å²) in [4.78, 5) is 14.7. The molecule has 1 saturated heterocycles. The zero-order valence-corrected chi connectivity index (χ0v) is 15.4. The number of piperidine rings is 1. The third-order valence-corrected chi connectivity index (χ3v) is 5.48. The van der Waals surface area contributed by atoms with Gasteiger partial charge in [-0.15, -0.1) is 0 Å². The van der Waals surface area contributed by atoms with E-state index in [1.807, 2.05) is 17.0 Å². The lowest BCUT2D eigenvalue weighted by Gasteiger charge is -2.33. The summed E-state index contributed by atoms with van der Waals surface area (Å²) in [5, 5.41) is 4.06. The van der Waals surface area contributed by atoms with Crippen LogP contribution in [0.1, 0.15) is 37.0 Å². The van der Waals surface area contributed by atoms with Crippen molar-refractivity contribution in [2.75, 3.05) is 19.6 Å². The van der Waals surface area contributed by atoms with Gasteiger partial charge in [0.25, 0.3) is 5.91 Å². The topological polar surface area (TPSA) is 32.3 Å². The summed E-state index contributed by atoms with van der Waals surface area (Å²) in [6.45, 7) is 7.06. The number of hydrogen-bond donors (Lipinski definition) is 1. The molecule has 5 heteroatoms. The summed E-state index contributed by atoms with van der Waals surface area (Å²) >= 11 is 8.32. The van der Waals surface area contributed by atoms with Crippen LogP contribution in [0, 0.1) is 9.49 Å². The first-order chi connectivity index (χ1) is 9.99. The van der Waals surface area contributed by atoms with E-state index in [0.717, 1.165) is 23.2 Å². The van der Waals surface area contributed by atoms with Gasteiger partial charge < -0.3 is 10.2 Å². The van der Waals surface area contributed by atoms with E-state index in [4.69, 9.17) is 11.6 Å². The van der Waals surface area contributed by atoms with Gasteiger partial charge in [-0.05, 0) is 86.5 Å². The quantitative estimate of drug-likeness (QED) is 0.752. The summed E-state index contributed by atoms with van der Waals surface area (Å²) < 4.78 is 0.971. The Balaban J connectivity index is 2.12. The van der Waals surface area contributed by atoms with Crippen LogP contribution in [0.3, 0.4) is 0 Å². The molecule has 1 aliphatic rings. The van der Waals surface area contributed by atoms with Crippen molar-refractivity contribution in [1.29, 1.82) is 0 Å². The van der Waals surface area contributed by atoms with Crippen molar-refractivity contribution in [3.63, 3.8) is 0 Å². The largest absolute Gasteiger partial charge is 0.336 e. The molecule has 0 bridgehead atoms. The number of nitrogens with zero attached hydrogens (tertiary/aromatic N) is 1. The zero-order valence-electron chi connectivity index (χ0n) is 12.5. The van der Waals surface area contributed by atoms with Gasteiger partial charge in [-0.3, -0.25) is 4.79 Å². The van der Waals surface area contributed by atoms with Gasteiger partial charge in [-0.25, -0.2) is 0 Å². The van der Waals surface area contributed by atoms with Crippen LogP contribution in [-0.2, 0) is 0 Å². The molecule has 1 N–H and O–H groups in total. The van der Waals surface area contributed by atoms with Crippen molar-refractivity contribution in [2.24, 2.45) is 5.92 Å². The number of hydrogen-bond acceptors (Lipinski definition) is 2. The molecule has 1 heterocycles. The molecule has 1 fully saturated rings. The average Bonchev–Trinajstić information content (AvgIpc) is 2.47. The molecule has 1 atom stereocenters. The predicted molar refractivity (Wildman–Crippen MR) is 95.9 cm³/mol. The standard InChI is InChI=1S/C16H22ClIN2O/c1-11(2)20(10-12-4-3-7-19-9-12)16(21)13-5-6-15(18)14(17)8-13/h5-6,8,11-12,19H,3-4,7,9-10H2,1-2H3. The molecule has 1 unspecified atom stereocenters. The highest BCUT2D eigenvalue weighted by Gasteiger charge is 2.24. The van der Waals surface area contributed by atoms with Gasteiger partial charge in [0.05, 0.1) is 5.02 Å². The average molecular weight is 421 g/mol. The smallest absolute Gasteiger partial charge is 0.254 e. The number of nitrogens with one attached hydrogen (secondary N) is 1. The number of amides is 1. The molecule has 0 spiro atoms. The second-order valence-electron chi connectivity index (χ2n) is 5.89. The van der Waals surface area contributed by atoms with E-state index in [2.05, 4.69) is 41.8 Å². The molecule has 1 amide bonds. The third kappa shape index (κ3) is 4.57. The summed E-state index contributed by atoms with van der Waals surface area (Å²) in [5.74, 6) is 0.623. The normalized spacial score (nSPS) is 18.8. The summed E-state index contributed by atoms with van der Waals surface area (Å²) in [7, 11) is 0. The molecule has 1 aliphatic heterocycles. The highest BCUT2D eigenvalue weighted by atomic mass is 127. The van der Waals surface area contributed by atoms with Crippen LogP contribution in [0.25, 0.3) is 0 Å². The molecule has 0 radical (unpaired) electrons. The van der Waals surface area contributed by atoms with Gasteiger partial charge in [0.1, 0.15) is 0 Å². The molecule has 1 aromatic rings. The van der Waals surface area contributed by atoms with Crippen molar-refractivity contribution in [1.82, 2.24) is 10.2 Å². The summed E-state index contributed by atoms with van der Waals surface area (Å²) in [6.07, 6.45) is 2.39. The highest BCUT2D eigenvalue weighted by molar-refractivity contribution is 14.1. The second kappa shape index (κ2) is 7.79. The number of rotatable bonds is 4. The summed E-state index contributed by atoms with van der Waals surface area (Å²) in [5.41, 5.74) is 0.679. The lowest BCUT2D eigenvalue weighted by Crippen LogP contribution is -2.44. The van der Waals surface area contributed by atoms with Gasteiger partial charge in [-0.2, -0.15) is 0 Å². The van der Waals surface area contributed by atoms with Crippen molar-refractivity contribution < 1.29 is 4.79 Å². The van der Waals surface area contributed by atoms with E-state index in [1.165, 1.54) is 12.8 Å². The Morgan fingerprint density at radius 2 is 2.29 bits per heavy atom. The molecule has 0 saturated carbocycles. The maximum absolute atomic E-state index is 12.8. The fraction of sp³-hybridized carbons (Fsp3) is 0.562. The number of halogens is 2. The minimum absolute atomic E-state index is 0.0777. The van der Waals surface area contributed by atoms with E-state index < -0.39 is 0 Å². The number of carbonyl (C=O) groups excluding carboxylic acids is 1. The fourth-order valence-electron chi connectivity index (χ4n) is 2.68. The maximum Gasteiger partial charge on any atom is 0.254 e. The third-order valence-electron chi connectivity index (χ3n) is 3.90. The zero-order chi connectivity index (χ0) is 15.4. The van der Waals surface area contributed by atoms with Crippen LogP contribution in [0.5, 0.6) is 0 Å². The highest BCUT2D eigenvalue weighted by Crippen LogP contribution is 2.22. The fourth-order valence-corrected chi connectivity index (χ4v) is 3.20. The van der Waals surface area contributed by atoms with Gasteiger partial charge in [-0.1, -0.05) is 11.6 Å². The predicted octanol–water partition coefficient (Wildman–Crippen LogP) is 3.79. The van der Waals surface area contributed by atoms with Crippen LogP contribution in [0.2, 0.25) is 5.02 Å². The van der Waals surface area contributed by atoms with E-state index >= 15 is 0 Å². The van der Waals surface area contributed by atoms with Crippen molar-refractivity contribution in [3.8, 4) is 0 Å². The molecule has 0 aliphatic carbocycles. The molecule has 1 aromatic carbocycles. The van der Waals surface area contributed by atoms with E-state index in [1.54, 1.807) is 6.07 Å². The minimum Gasteiger partial charge on any atom is -0.336 e. The first kappa shape index (κ1) is 17.0. The molecule has 116 valence electrons. The Bertz CT molecular complexity index is 501. The van der Waals surface area contributed by atoms with Crippen LogP contribution in [0.4, 0.5) is 0 Å². The van der Waals surface area contributed by atoms with E-state index in [0.29, 0.717) is 16.5 Å². The lowest BCUT2D eigenvalue weighted by molar-refractivity contribution is 0.0661. The second-order valence-corrected chi connectivity index (χ2v) is 7.46. The molecule has 2 rings (SSSR count). The number of benzene rings is 1. The van der Waals surface area contributed by atoms with Crippen LogP contribution in [-0.4, -0.2) is 36.5 Å². The monoisotopic (exact) mass is 420 g/mol. The van der Waals surface area contributed by atoms with Crippen LogP contribution in [0.15, 0.2) is 18.2 Å². The molecule has 3 nitrogen and oxygen atoms in total. The van der Waals surface area contributed by atoms with Gasteiger partial charge in [0.15, 0.2) is 0 Å². The molecule has 21 heavy (non-hydrogen) atoms. The first-order valence-corrected chi connectivity index (χ1v) is 8.91. The molecular weight excluding hydrogens is 399 g/mol. The Morgan fingerprint density at radius 3 is 2.86 bits per heavy atom. The van der Waals surface area contributed by atoms with Crippen LogP contribution >= 0.6 is 34.2 Å². The summed E-state index contributed by atoms with van der Waals surface area (Å²) in [6, 6.07) is 5.74. The minimum atomic E-state index is 0.0777. The Hall–Kier alpha value is -0.330. The molecular formula is C16H22ClIN2O. The molecule has 0 aromatic heterocycles. The van der Waals surface area contributed by atoms with Crippen molar-refractivity contribution >= 4 is 40.1 Å².